The molecule has 3 rings (SSSR count). The van der Waals surface area contributed by atoms with Gasteiger partial charge in [0, 0.05) is 36.9 Å². The Labute approximate surface area is 167 Å². The number of piperazine rings is 1. The average molecular weight is 408 g/mol. The summed E-state index contributed by atoms with van der Waals surface area (Å²) in [4.78, 5) is 28.0. The molecule has 1 saturated heterocycles. The van der Waals surface area contributed by atoms with E-state index in [1.807, 2.05) is 30.3 Å². The summed E-state index contributed by atoms with van der Waals surface area (Å²) in [5.74, 6) is 0.263. The van der Waals surface area contributed by atoms with E-state index in [1.165, 1.54) is 0 Å². The lowest BCUT2D eigenvalue weighted by Gasteiger charge is -2.34. The molecule has 0 bridgehead atoms. The Morgan fingerprint density at radius 2 is 1.63 bits per heavy atom. The minimum atomic E-state index is -0.169. The Morgan fingerprint density at radius 3 is 2.30 bits per heavy atom. The van der Waals surface area contributed by atoms with Gasteiger partial charge in [-0.05, 0) is 30.3 Å². The van der Waals surface area contributed by atoms with Gasteiger partial charge in [-0.15, -0.1) is 0 Å². The number of halogens is 2. The molecular formula is C19H19Cl2N3O3. The fourth-order valence-corrected chi connectivity index (χ4v) is 3.17. The molecule has 1 N–H and O–H groups in total. The number of para-hydroxylation sites is 1. The second kappa shape index (κ2) is 8.97. The van der Waals surface area contributed by atoms with Crippen LogP contribution in [0.2, 0.25) is 10.0 Å². The van der Waals surface area contributed by atoms with Gasteiger partial charge in [0.15, 0.2) is 6.61 Å². The average Bonchev–Trinajstić information content (AvgIpc) is 2.68. The van der Waals surface area contributed by atoms with Crippen molar-refractivity contribution in [2.45, 2.75) is 0 Å². The molecule has 1 heterocycles. The lowest BCUT2D eigenvalue weighted by atomic mass is 10.3. The molecule has 3 amide bonds. The van der Waals surface area contributed by atoms with Crippen LogP contribution in [-0.4, -0.2) is 54.5 Å². The van der Waals surface area contributed by atoms with Crippen LogP contribution >= 0.6 is 23.2 Å². The number of benzene rings is 2. The van der Waals surface area contributed by atoms with Crippen molar-refractivity contribution in [1.82, 2.24) is 9.80 Å². The normalized spacial score (nSPS) is 14.0. The summed E-state index contributed by atoms with van der Waals surface area (Å²) in [7, 11) is 0. The van der Waals surface area contributed by atoms with Crippen LogP contribution in [-0.2, 0) is 4.79 Å². The van der Waals surface area contributed by atoms with Gasteiger partial charge < -0.3 is 19.9 Å². The van der Waals surface area contributed by atoms with E-state index in [9.17, 15) is 9.59 Å². The molecule has 27 heavy (non-hydrogen) atoms. The molecule has 1 aliphatic heterocycles. The number of nitrogens with zero attached hydrogens (tertiary/aromatic N) is 2. The van der Waals surface area contributed by atoms with Gasteiger partial charge in [-0.3, -0.25) is 4.79 Å². The first-order chi connectivity index (χ1) is 13.0. The van der Waals surface area contributed by atoms with Crippen molar-refractivity contribution >= 4 is 40.8 Å². The van der Waals surface area contributed by atoms with Gasteiger partial charge in [0.05, 0.1) is 5.02 Å². The summed E-state index contributed by atoms with van der Waals surface area (Å²) in [6.45, 7) is 1.73. The third kappa shape index (κ3) is 5.28. The summed E-state index contributed by atoms with van der Waals surface area (Å²) in [5, 5.41) is 3.71. The molecule has 0 atom stereocenters. The van der Waals surface area contributed by atoms with Crippen molar-refractivity contribution in [3.05, 3.63) is 58.6 Å². The molecule has 0 aromatic heterocycles. The first kappa shape index (κ1) is 19.3. The van der Waals surface area contributed by atoms with Crippen molar-refractivity contribution in [2.75, 3.05) is 38.1 Å². The SMILES string of the molecule is O=C(COc1ccc(Cl)cc1Cl)N1CCN(C(=O)Nc2ccccc2)CC1. The lowest BCUT2D eigenvalue weighted by molar-refractivity contribution is -0.134. The second-order valence-electron chi connectivity index (χ2n) is 6.03. The molecule has 2 aromatic rings. The highest BCUT2D eigenvalue weighted by Crippen LogP contribution is 2.27. The Bertz CT molecular complexity index is 809. The summed E-state index contributed by atoms with van der Waals surface area (Å²) in [6.07, 6.45) is 0. The molecule has 8 heteroatoms. The predicted molar refractivity (Wildman–Crippen MR) is 106 cm³/mol. The van der Waals surface area contributed by atoms with Crippen molar-refractivity contribution < 1.29 is 14.3 Å². The van der Waals surface area contributed by atoms with Crippen LogP contribution in [0.5, 0.6) is 5.75 Å². The fraction of sp³-hybridized carbons (Fsp3) is 0.263. The van der Waals surface area contributed by atoms with E-state index < -0.39 is 0 Å². The number of anilines is 1. The van der Waals surface area contributed by atoms with Gasteiger partial charge >= 0.3 is 6.03 Å². The smallest absolute Gasteiger partial charge is 0.321 e. The number of hydrogen-bond acceptors (Lipinski definition) is 3. The van der Waals surface area contributed by atoms with Crippen LogP contribution < -0.4 is 10.1 Å². The monoisotopic (exact) mass is 407 g/mol. The van der Waals surface area contributed by atoms with Gasteiger partial charge in [-0.1, -0.05) is 41.4 Å². The number of carbonyl (C=O) groups is 2. The van der Waals surface area contributed by atoms with E-state index in [0.29, 0.717) is 42.0 Å². The highest BCUT2D eigenvalue weighted by Gasteiger charge is 2.24. The molecule has 0 radical (unpaired) electrons. The highest BCUT2D eigenvalue weighted by molar-refractivity contribution is 6.35. The molecule has 142 valence electrons. The molecule has 0 spiro atoms. The van der Waals surface area contributed by atoms with Crippen LogP contribution in [0.25, 0.3) is 0 Å². The predicted octanol–water partition coefficient (Wildman–Crippen LogP) is 3.75. The first-order valence-corrected chi connectivity index (χ1v) is 9.25. The highest BCUT2D eigenvalue weighted by atomic mass is 35.5. The molecule has 0 aliphatic carbocycles. The van der Waals surface area contributed by atoms with Crippen molar-refractivity contribution in [1.29, 1.82) is 0 Å². The van der Waals surface area contributed by atoms with E-state index in [0.717, 1.165) is 5.69 Å². The van der Waals surface area contributed by atoms with Crippen LogP contribution in [0.15, 0.2) is 48.5 Å². The number of ether oxygens (including phenoxy) is 1. The van der Waals surface area contributed by atoms with Gasteiger partial charge in [0.25, 0.3) is 5.91 Å². The number of urea groups is 1. The van der Waals surface area contributed by atoms with Crippen LogP contribution in [0, 0.1) is 0 Å². The maximum Gasteiger partial charge on any atom is 0.321 e. The number of rotatable bonds is 4. The van der Waals surface area contributed by atoms with Crippen molar-refractivity contribution in [2.24, 2.45) is 0 Å². The minimum Gasteiger partial charge on any atom is -0.482 e. The number of hydrogen-bond donors (Lipinski definition) is 1. The maximum atomic E-state index is 12.3. The summed E-state index contributed by atoms with van der Waals surface area (Å²) in [5.41, 5.74) is 0.745. The van der Waals surface area contributed by atoms with E-state index >= 15 is 0 Å². The molecule has 1 fully saturated rings. The number of carbonyl (C=O) groups excluding carboxylic acids is 2. The quantitative estimate of drug-likeness (QED) is 0.839. The van der Waals surface area contributed by atoms with Gasteiger partial charge in [0.1, 0.15) is 5.75 Å². The third-order valence-electron chi connectivity index (χ3n) is 4.19. The Morgan fingerprint density at radius 1 is 0.963 bits per heavy atom. The zero-order chi connectivity index (χ0) is 19.2. The molecule has 6 nitrogen and oxygen atoms in total. The largest absolute Gasteiger partial charge is 0.482 e. The first-order valence-electron chi connectivity index (χ1n) is 8.49. The van der Waals surface area contributed by atoms with E-state index in [2.05, 4.69) is 5.32 Å². The standard InChI is InChI=1S/C19H19Cl2N3O3/c20-14-6-7-17(16(21)12-14)27-13-18(25)23-8-10-24(11-9-23)19(26)22-15-4-2-1-3-5-15/h1-7,12H,8-11,13H2,(H,22,26). The third-order valence-corrected chi connectivity index (χ3v) is 4.72. The summed E-state index contributed by atoms with van der Waals surface area (Å²) >= 11 is 11.9. The fourth-order valence-electron chi connectivity index (χ4n) is 2.71. The van der Waals surface area contributed by atoms with Crippen LogP contribution in [0.3, 0.4) is 0 Å². The lowest BCUT2D eigenvalue weighted by Crippen LogP contribution is -2.52. The van der Waals surface area contributed by atoms with Crippen molar-refractivity contribution in [3.63, 3.8) is 0 Å². The van der Waals surface area contributed by atoms with E-state index in [-0.39, 0.29) is 18.5 Å². The van der Waals surface area contributed by atoms with E-state index in [1.54, 1.807) is 28.0 Å². The second-order valence-corrected chi connectivity index (χ2v) is 6.87. The van der Waals surface area contributed by atoms with Crippen LogP contribution in [0.1, 0.15) is 0 Å². The molecule has 0 saturated carbocycles. The number of nitrogens with one attached hydrogen (secondary N) is 1. The minimum absolute atomic E-state index is 0.114. The Hall–Kier alpha value is -2.44. The van der Waals surface area contributed by atoms with Gasteiger partial charge in [-0.2, -0.15) is 0 Å². The topological polar surface area (TPSA) is 61.9 Å². The maximum absolute atomic E-state index is 12.3. The number of amides is 3. The molecule has 2 aromatic carbocycles. The molecule has 1 aliphatic rings. The molecular weight excluding hydrogens is 389 g/mol. The Balaban J connectivity index is 1.45. The van der Waals surface area contributed by atoms with Gasteiger partial charge in [0.2, 0.25) is 0 Å². The van der Waals surface area contributed by atoms with Crippen molar-refractivity contribution in [3.8, 4) is 5.75 Å². The zero-order valence-corrected chi connectivity index (χ0v) is 16.0. The van der Waals surface area contributed by atoms with Crippen LogP contribution in [0.4, 0.5) is 10.5 Å². The Kier molecular flexibility index (Phi) is 6.42. The summed E-state index contributed by atoms with van der Waals surface area (Å²) < 4.78 is 5.49. The summed E-state index contributed by atoms with van der Waals surface area (Å²) in [6, 6.07) is 13.9. The van der Waals surface area contributed by atoms with E-state index in [4.69, 9.17) is 27.9 Å². The molecule has 0 unspecified atom stereocenters. The van der Waals surface area contributed by atoms with Gasteiger partial charge in [-0.25, -0.2) is 4.79 Å². The zero-order valence-electron chi connectivity index (χ0n) is 14.5.